The summed E-state index contributed by atoms with van der Waals surface area (Å²) < 4.78 is 0.983. The van der Waals surface area contributed by atoms with Crippen LogP contribution < -0.4 is 5.32 Å². The molecule has 6 heteroatoms. The molecule has 3 rings (SSSR count). The van der Waals surface area contributed by atoms with Crippen molar-refractivity contribution >= 4 is 62.2 Å². The number of benzene rings is 3. The minimum Gasteiger partial charge on any atom is -0.378 e. The average Bonchev–Trinajstić information content (AvgIpc) is 2.65. The van der Waals surface area contributed by atoms with Crippen molar-refractivity contribution < 1.29 is 4.79 Å². The summed E-state index contributed by atoms with van der Waals surface area (Å²) in [5, 5.41) is 4.94. The molecule has 0 bridgehead atoms. The van der Waals surface area contributed by atoms with E-state index in [2.05, 4.69) is 21.2 Å². The Morgan fingerprint density at radius 1 is 0.889 bits per heavy atom. The van der Waals surface area contributed by atoms with Gasteiger partial charge in [0.25, 0.3) is 0 Å². The molecular formula is C21H15BrCl3NO. The SMILES string of the molecule is O=C(CC(Nc1ccc(Br)cc1)c1ccc(Cl)c(Cl)c1)c1ccc(Cl)cc1. The fraction of sp³-hybridized carbons (Fsp3) is 0.0952. The highest BCUT2D eigenvalue weighted by molar-refractivity contribution is 9.10. The predicted molar refractivity (Wildman–Crippen MR) is 117 cm³/mol. The van der Waals surface area contributed by atoms with E-state index in [4.69, 9.17) is 34.8 Å². The van der Waals surface area contributed by atoms with E-state index >= 15 is 0 Å². The summed E-state index contributed by atoms with van der Waals surface area (Å²) >= 11 is 21.6. The van der Waals surface area contributed by atoms with Gasteiger partial charge in [-0.1, -0.05) is 56.8 Å². The summed E-state index contributed by atoms with van der Waals surface area (Å²) in [5.74, 6) is 0.00681. The lowest BCUT2D eigenvalue weighted by molar-refractivity contribution is 0.0976. The summed E-state index contributed by atoms with van der Waals surface area (Å²) in [5.41, 5.74) is 2.40. The van der Waals surface area contributed by atoms with Gasteiger partial charge in [-0.2, -0.15) is 0 Å². The number of carbonyl (C=O) groups is 1. The second kappa shape index (κ2) is 9.11. The Hall–Kier alpha value is -1.52. The van der Waals surface area contributed by atoms with Gasteiger partial charge >= 0.3 is 0 Å². The first-order valence-corrected chi connectivity index (χ1v) is 10.1. The second-order valence-electron chi connectivity index (χ2n) is 6.01. The van der Waals surface area contributed by atoms with E-state index in [-0.39, 0.29) is 18.2 Å². The Balaban J connectivity index is 1.88. The van der Waals surface area contributed by atoms with Gasteiger partial charge in [-0.25, -0.2) is 0 Å². The predicted octanol–water partition coefficient (Wildman–Crippen LogP) is 7.84. The summed E-state index contributed by atoms with van der Waals surface area (Å²) in [6.45, 7) is 0. The lowest BCUT2D eigenvalue weighted by Crippen LogP contribution is -2.16. The van der Waals surface area contributed by atoms with E-state index in [1.165, 1.54) is 0 Å². The van der Waals surface area contributed by atoms with Gasteiger partial charge in [0.15, 0.2) is 5.78 Å². The number of Topliss-reactive ketones (excluding diaryl/α,β-unsaturated/α-hetero) is 1. The van der Waals surface area contributed by atoms with Crippen LogP contribution in [0.5, 0.6) is 0 Å². The number of anilines is 1. The molecule has 0 radical (unpaired) electrons. The highest BCUT2D eigenvalue weighted by Crippen LogP contribution is 2.30. The smallest absolute Gasteiger partial charge is 0.165 e. The van der Waals surface area contributed by atoms with Gasteiger partial charge in [0.05, 0.1) is 16.1 Å². The van der Waals surface area contributed by atoms with Crippen LogP contribution in [0, 0.1) is 0 Å². The van der Waals surface area contributed by atoms with E-state index in [1.54, 1.807) is 36.4 Å². The standard InChI is InChI=1S/C21H15BrCl3NO/c22-15-4-8-17(9-5-15)26-20(14-3-10-18(24)19(25)11-14)12-21(27)13-1-6-16(23)7-2-13/h1-11,20,26H,12H2. The van der Waals surface area contributed by atoms with Crippen molar-refractivity contribution in [1.82, 2.24) is 0 Å². The fourth-order valence-electron chi connectivity index (χ4n) is 2.67. The summed E-state index contributed by atoms with van der Waals surface area (Å²) in [6, 6.07) is 19.8. The number of hydrogen-bond donors (Lipinski definition) is 1. The Morgan fingerprint density at radius 2 is 1.56 bits per heavy atom. The van der Waals surface area contributed by atoms with Crippen LogP contribution in [0.3, 0.4) is 0 Å². The molecule has 0 aliphatic carbocycles. The molecule has 1 atom stereocenters. The summed E-state index contributed by atoms with van der Waals surface area (Å²) in [7, 11) is 0. The van der Waals surface area contributed by atoms with Crippen molar-refractivity contribution in [2.24, 2.45) is 0 Å². The second-order valence-corrected chi connectivity index (χ2v) is 8.18. The molecule has 1 N–H and O–H groups in total. The van der Waals surface area contributed by atoms with Gasteiger partial charge in [-0.3, -0.25) is 4.79 Å². The molecule has 0 heterocycles. The molecule has 0 amide bonds. The molecule has 0 fully saturated rings. The van der Waals surface area contributed by atoms with E-state index in [0.717, 1.165) is 15.7 Å². The molecule has 3 aromatic carbocycles. The largest absolute Gasteiger partial charge is 0.378 e. The van der Waals surface area contributed by atoms with Crippen LogP contribution in [0.2, 0.25) is 15.1 Å². The monoisotopic (exact) mass is 481 g/mol. The molecule has 0 aromatic heterocycles. The molecule has 3 aromatic rings. The molecule has 138 valence electrons. The van der Waals surface area contributed by atoms with Gasteiger partial charge in [0.1, 0.15) is 0 Å². The van der Waals surface area contributed by atoms with E-state index in [1.807, 2.05) is 30.3 Å². The molecular weight excluding hydrogens is 469 g/mol. The zero-order valence-electron chi connectivity index (χ0n) is 14.1. The Kier molecular flexibility index (Phi) is 6.83. The highest BCUT2D eigenvalue weighted by Gasteiger charge is 2.18. The fourth-order valence-corrected chi connectivity index (χ4v) is 3.36. The Labute approximate surface area is 181 Å². The third-order valence-corrected chi connectivity index (χ3v) is 5.61. The first-order chi connectivity index (χ1) is 12.9. The molecule has 0 aliphatic heterocycles. The minimum absolute atomic E-state index is 0.00681. The molecule has 1 unspecified atom stereocenters. The van der Waals surface area contributed by atoms with Crippen molar-refractivity contribution in [2.45, 2.75) is 12.5 Å². The van der Waals surface area contributed by atoms with Crippen LogP contribution >= 0.6 is 50.7 Å². The van der Waals surface area contributed by atoms with E-state index in [9.17, 15) is 4.79 Å². The number of nitrogens with one attached hydrogen (secondary N) is 1. The number of halogens is 4. The van der Waals surface area contributed by atoms with E-state index < -0.39 is 0 Å². The van der Waals surface area contributed by atoms with Crippen molar-refractivity contribution in [2.75, 3.05) is 5.32 Å². The zero-order valence-corrected chi connectivity index (χ0v) is 17.9. The third-order valence-electron chi connectivity index (χ3n) is 4.09. The van der Waals surface area contributed by atoms with Gasteiger partial charge in [0.2, 0.25) is 0 Å². The van der Waals surface area contributed by atoms with Crippen molar-refractivity contribution in [1.29, 1.82) is 0 Å². The van der Waals surface area contributed by atoms with Crippen molar-refractivity contribution in [3.8, 4) is 0 Å². The van der Waals surface area contributed by atoms with Crippen molar-refractivity contribution in [3.05, 3.63) is 97.4 Å². The van der Waals surface area contributed by atoms with Gasteiger partial charge in [-0.05, 0) is 66.2 Å². The Morgan fingerprint density at radius 3 is 2.19 bits per heavy atom. The normalized spacial score (nSPS) is 11.9. The summed E-state index contributed by atoms with van der Waals surface area (Å²) in [6.07, 6.45) is 0.260. The van der Waals surface area contributed by atoms with Gasteiger partial charge < -0.3 is 5.32 Å². The minimum atomic E-state index is -0.260. The Bertz CT molecular complexity index is 943. The molecule has 27 heavy (non-hydrogen) atoms. The first-order valence-electron chi connectivity index (χ1n) is 8.18. The van der Waals surface area contributed by atoms with Crippen LogP contribution in [0.4, 0.5) is 5.69 Å². The van der Waals surface area contributed by atoms with Crippen LogP contribution in [-0.4, -0.2) is 5.78 Å². The summed E-state index contributed by atoms with van der Waals surface area (Å²) in [4.78, 5) is 12.8. The van der Waals surface area contributed by atoms with Crippen molar-refractivity contribution in [3.63, 3.8) is 0 Å². The third kappa shape index (κ3) is 5.49. The number of ketones is 1. The number of carbonyl (C=O) groups excluding carboxylic acids is 1. The topological polar surface area (TPSA) is 29.1 Å². The number of hydrogen-bond acceptors (Lipinski definition) is 2. The van der Waals surface area contributed by atoms with Crippen LogP contribution in [0.1, 0.15) is 28.4 Å². The number of rotatable bonds is 6. The zero-order chi connectivity index (χ0) is 19.4. The van der Waals surface area contributed by atoms with Gasteiger partial charge in [-0.15, -0.1) is 0 Å². The lowest BCUT2D eigenvalue weighted by atomic mass is 9.97. The van der Waals surface area contributed by atoms with Crippen LogP contribution in [0.25, 0.3) is 0 Å². The quantitative estimate of drug-likeness (QED) is 0.362. The average molecular weight is 484 g/mol. The van der Waals surface area contributed by atoms with E-state index in [0.29, 0.717) is 20.6 Å². The molecule has 0 aliphatic rings. The maximum absolute atomic E-state index is 12.8. The van der Waals surface area contributed by atoms with Crippen LogP contribution in [-0.2, 0) is 0 Å². The molecule has 2 nitrogen and oxygen atoms in total. The van der Waals surface area contributed by atoms with Crippen LogP contribution in [0.15, 0.2) is 71.2 Å². The molecule has 0 spiro atoms. The van der Waals surface area contributed by atoms with Gasteiger partial charge in [0, 0.05) is 27.2 Å². The molecule has 0 saturated heterocycles. The highest BCUT2D eigenvalue weighted by atomic mass is 79.9. The first kappa shape index (κ1) is 20.2. The maximum atomic E-state index is 12.8. The maximum Gasteiger partial charge on any atom is 0.165 e. The lowest BCUT2D eigenvalue weighted by Gasteiger charge is -2.21. The molecule has 0 saturated carbocycles.